The predicted molar refractivity (Wildman–Crippen MR) is 128 cm³/mol. The van der Waals surface area contributed by atoms with E-state index in [2.05, 4.69) is 27.0 Å². The first kappa shape index (κ1) is 25.3. The maximum absolute atomic E-state index is 12.5. The van der Waals surface area contributed by atoms with Gasteiger partial charge in [0, 0.05) is 48.8 Å². The highest BCUT2D eigenvalue weighted by atomic mass is 19.4. The summed E-state index contributed by atoms with van der Waals surface area (Å²) in [7, 11) is 3.97. The number of carbonyl (C=O) groups excluding carboxylic acids is 1. The molecule has 0 bridgehead atoms. The van der Waals surface area contributed by atoms with Gasteiger partial charge in [-0.25, -0.2) is 9.78 Å². The average molecular weight is 484 g/mol. The topological polar surface area (TPSA) is 87.5 Å². The molecular formula is C25H23F3N4O3. The number of aliphatic carboxylic acids is 1. The van der Waals surface area contributed by atoms with Crippen molar-refractivity contribution in [2.75, 3.05) is 17.3 Å². The molecule has 0 aliphatic carbocycles. The van der Waals surface area contributed by atoms with E-state index in [1.165, 1.54) is 0 Å². The summed E-state index contributed by atoms with van der Waals surface area (Å²) in [6, 6.07) is 21.7. The van der Waals surface area contributed by atoms with Crippen molar-refractivity contribution in [3.63, 3.8) is 0 Å². The van der Waals surface area contributed by atoms with Gasteiger partial charge in [0.15, 0.2) is 0 Å². The van der Waals surface area contributed by atoms with Gasteiger partial charge in [0.25, 0.3) is 0 Å². The Morgan fingerprint density at radius 1 is 1.03 bits per heavy atom. The number of pyridine rings is 1. The molecule has 0 atom stereocenters. The lowest BCUT2D eigenvalue weighted by atomic mass is 10.1. The fourth-order valence-corrected chi connectivity index (χ4v) is 3.40. The summed E-state index contributed by atoms with van der Waals surface area (Å²) in [5.74, 6) is -1.91. The van der Waals surface area contributed by atoms with Gasteiger partial charge in [-0.1, -0.05) is 24.3 Å². The van der Waals surface area contributed by atoms with Crippen LogP contribution < -0.4 is 10.2 Å². The third-order valence-corrected chi connectivity index (χ3v) is 5.10. The minimum Gasteiger partial charge on any atom is -0.475 e. The van der Waals surface area contributed by atoms with E-state index in [1.807, 2.05) is 79.8 Å². The standard InChI is InChI=1S/C23H22N4O.C2HF3O2/c1-26-16-17(20-7-3-4-8-21(20)26)15-23(28)25-18-10-12-19(13-11-18)27(2)22-9-5-6-14-24-22;3-2(4,5)1(6)7/h3-14,16H,15H2,1-2H3,(H,25,28);(H,6,7). The minimum absolute atomic E-state index is 0.0258. The number of benzene rings is 2. The highest BCUT2D eigenvalue weighted by Crippen LogP contribution is 2.24. The second kappa shape index (κ2) is 10.7. The van der Waals surface area contributed by atoms with Gasteiger partial charge in [0.05, 0.1) is 6.42 Å². The molecule has 0 radical (unpaired) electrons. The van der Waals surface area contributed by atoms with Gasteiger partial charge >= 0.3 is 12.1 Å². The quantitative estimate of drug-likeness (QED) is 0.409. The Bertz CT molecular complexity index is 1300. The first-order chi connectivity index (χ1) is 16.6. The van der Waals surface area contributed by atoms with Gasteiger partial charge in [-0.15, -0.1) is 0 Å². The fraction of sp³-hybridized carbons (Fsp3) is 0.160. The highest BCUT2D eigenvalue weighted by Gasteiger charge is 2.38. The predicted octanol–water partition coefficient (Wildman–Crippen LogP) is 5.16. The Hall–Kier alpha value is -4.34. The molecule has 2 aromatic heterocycles. The second-order valence-electron chi connectivity index (χ2n) is 7.60. The molecule has 0 saturated carbocycles. The van der Waals surface area contributed by atoms with Crippen LogP contribution in [0.4, 0.5) is 30.4 Å². The van der Waals surface area contributed by atoms with E-state index >= 15 is 0 Å². The number of hydrogen-bond donors (Lipinski definition) is 2. The lowest BCUT2D eigenvalue weighted by Gasteiger charge is -2.18. The monoisotopic (exact) mass is 484 g/mol. The zero-order valence-corrected chi connectivity index (χ0v) is 19.0. The number of nitrogens with one attached hydrogen (secondary N) is 1. The fourth-order valence-electron chi connectivity index (χ4n) is 3.40. The summed E-state index contributed by atoms with van der Waals surface area (Å²) in [6.45, 7) is 0. The second-order valence-corrected chi connectivity index (χ2v) is 7.60. The number of carboxylic acids is 1. The van der Waals surface area contributed by atoms with Crippen LogP contribution in [0.25, 0.3) is 10.9 Å². The van der Waals surface area contributed by atoms with Crippen LogP contribution in [-0.2, 0) is 23.1 Å². The summed E-state index contributed by atoms with van der Waals surface area (Å²) in [5, 5.41) is 11.2. The van der Waals surface area contributed by atoms with E-state index in [0.717, 1.165) is 33.7 Å². The molecule has 2 heterocycles. The first-order valence-electron chi connectivity index (χ1n) is 10.4. The zero-order chi connectivity index (χ0) is 25.6. The summed E-state index contributed by atoms with van der Waals surface area (Å²) in [6.07, 6.45) is -0.945. The smallest absolute Gasteiger partial charge is 0.475 e. The van der Waals surface area contributed by atoms with Crippen molar-refractivity contribution in [3.05, 3.63) is 84.7 Å². The largest absolute Gasteiger partial charge is 0.490 e. The maximum atomic E-state index is 12.5. The molecule has 0 aliphatic heterocycles. The molecule has 0 aliphatic rings. The van der Waals surface area contributed by atoms with Crippen LogP contribution in [0, 0.1) is 0 Å². The van der Waals surface area contributed by atoms with Crippen molar-refractivity contribution in [1.29, 1.82) is 0 Å². The SMILES string of the molecule is CN(c1ccc(NC(=O)Cc2cn(C)c3ccccc23)cc1)c1ccccn1.O=C(O)C(F)(F)F. The van der Waals surface area contributed by atoms with Crippen LogP contribution in [-0.4, -0.2) is 39.8 Å². The molecule has 1 amide bonds. The number of alkyl halides is 3. The van der Waals surface area contributed by atoms with E-state index in [9.17, 15) is 18.0 Å². The highest BCUT2D eigenvalue weighted by molar-refractivity contribution is 5.96. The van der Waals surface area contributed by atoms with Crippen molar-refractivity contribution in [2.24, 2.45) is 7.05 Å². The number of amides is 1. The molecule has 182 valence electrons. The van der Waals surface area contributed by atoms with Crippen molar-refractivity contribution in [2.45, 2.75) is 12.6 Å². The molecule has 35 heavy (non-hydrogen) atoms. The molecule has 0 fully saturated rings. The van der Waals surface area contributed by atoms with Gasteiger partial charge in [-0.2, -0.15) is 13.2 Å². The Kier molecular flexibility index (Phi) is 7.75. The lowest BCUT2D eigenvalue weighted by molar-refractivity contribution is -0.192. The Morgan fingerprint density at radius 3 is 2.26 bits per heavy atom. The van der Waals surface area contributed by atoms with Gasteiger partial charge in [0.1, 0.15) is 5.82 Å². The molecular weight excluding hydrogens is 461 g/mol. The van der Waals surface area contributed by atoms with E-state index in [-0.39, 0.29) is 5.91 Å². The van der Waals surface area contributed by atoms with E-state index in [1.54, 1.807) is 6.20 Å². The summed E-state index contributed by atoms with van der Waals surface area (Å²) < 4.78 is 33.8. The number of para-hydroxylation sites is 1. The molecule has 0 saturated heterocycles. The number of carbonyl (C=O) groups is 2. The summed E-state index contributed by atoms with van der Waals surface area (Å²) in [4.78, 5) is 27.8. The van der Waals surface area contributed by atoms with Gasteiger partial charge in [-0.05, 0) is 48.0 Å². The van der Waals surface area contributed by atoms with E-state index in [0.29, 0.717) is 6.42 Å². The van der Waals surface area contributed by atoms with Gasteiger partial charge in [-0.3, -0.25) is 4.79 Å². The maximum Gasteiger partial charge on any atom is 0.490 e. The van der Waals surface area contributed by atoms with Crippen molar-refractivity contribution < 1.29 is 27.9 Å². The van der Waals surface area contributed by atoms with Crippen LogP contribution >= 0.6 is 0 Å². The van der Waals surface area contributed by atoms with Crippen molar-refractivity contribution >= 4 is 40.0 Å². The van der Waals surface area contributed by atoms with Crippen molar-refractivity contribution in [1.82, 2.24) is 9.55 Å². The number of aryl methyl sites for hydroxylation is 1. The Morgan fingerprint density at radius 2 is 1.66 bits per heavy atom. The zero-order valence-electron chi connectivity index (χ0n) is 19.0. The van der Waals surface area contributed by atoms with Crippen LogP contribution in [0.15, 0.2) is 79.1 Å². The Balaban J connectivity index is 0.000000429. The minimum atomic E-state index is -5.08. The molecule has 10 heteroatoms. The molecule has 4 rings (SSSR count). The number of anilines is 3. The molecule has 2 aromatic carbocycles. The summed E-state index contributed by atoms with van der Waals surface area (Å²) in [5.41, 5.74) is 3.95. The van der Waals surface area contributed by atoms with Crippen LogP contribution in [0.1, 0.15) is 5.56 Å². The molecule has 0 spiro atoms. The van der Waals surface area contributed by atoms with Crippen molar-refractivity contribution in [3.8, 4) is 0 Å². The van der Waals surface area contributed by atoms with E-state index < -0.39 is 12.1 Å². The van der Waals surface area contributed by atoms with E-state index in [4.69, 9.17) is 9.90 Å². The molecule has 2 N–H and O–H groups in total. The Labute approximate surface area is 199 Å². The number of hydrogen-bond acceptors (Lipinski definition) is 4. The number of aromatic nitrogens is 2. The average Bonchev–Trinajstić information content (AvgIpc) is 3.14. The van der Waals surface area contributed by atoms with Gasteiger partial charge in [0.2, 0.25) is 5.91 Å². The molecule has 0 unspecified atom stereocenters. The number of halogens is 3. The van der Waals surface area contributed by atoms with Crippen LogP contribution in [0.3, 0.4) is 0 Å². The van der Waals surface area contributed by atoms with Crippen LogP contribution in [0.2, 0.25) is 0 Å². The van der Waals surface area contributed by atoms with Crippen LogP contribution in [0.5, 0.6) is 0 Å². The third kappa shape index (κ3) is 6.59. The number of carboxylic acid groups (broad SMARTS) is 1. The number of fused-ring (bicyclic) bond motifs is 1. The molecule has 4 aromatic rings. The third-order valence-electron chi connectivity index (χ3n) is 5.10. The van der Waals surface area contributed by atoms with Gasteiger partial charge < -0.3 is 19.9 Å². The number of nitrogens with zero attached hydrogens (tertiary/aromatic N) is 3. The lowest BCUT2D eigenvalue weighted by Crippen LogP contribution is -2.21. The first-order valence-corrected chi connectivity index (χ1v) is 10.4. The normalized spacial score (nSPS) is 10.9. The number of rotatable bonds is 5. The molecule has 7 nitrogen and oxygen atoms in total. The summed E-state index contributed by atoms with van der Waals surface area (Å²) >= 11 is 0.